The number of morpholine rings is 1. The van der Waals surface area contributed by atoms with Crippen molar-refractivity contribution in [2.75, 3.05) is 38.7 Å². The molecule has 8 heteroatoms. The lowest BCUT2D eigenvalue weighted by Crippen LogP contribution is -2.45. The van der Waals surface area contributed by atoms with Crippen LogP contribution in [0, 0.1) is 0 Å². The molecular weight excluding hydrogens is 250 g/mol. The molecule has 0 saturated carbocycles. The van der Waals surface area contributed by atoms with Gasteiger partial charge in [-0.2, -0.15) is 4.31 Å². The van der Waals surface area contributed by atoms with Crippen LogP contribution in [0.2, 0.25) is 0 Å². The Bertz CT molecular complexity index is 348. The Labute approximate surface area is 100 Å². The number of carbonyl (C=O) groups excluding carboxylic acids is 1. The van der Waals surface area contributed by atoms with Gasteiger partial charge in [0.15, 0.2) is 6.10 Å². The fourth-order valence-electron chi connectivity index (χ4n) is 1.44. The highest BCUT2D eigenvalue weighted by molar-refractivity contribution is 7.89. The maximum Gasteiger partial charge on any atom is 0.336 e. The van der Waals surface area contributed by atoms with E-state index in [-0.39, 0.29) is 19.7 Å². The van der Waals surface area contributed by atoms with E-state index in [4.69, 9.17) is 4.74 Å². The van der Waals surface area contributed by atoms with Gasteiger partial charge >= 0.3 is 5.97 Å². The number of rotatable bonds is 5. The van der Waals surface area contributed by atoms with E-state index < -0.39 is 27.8 Å². The first-order chi connectivity index (χ1) is 7.97. The van der Waals surface area contributed by atoms with E-state index in [1.807, 2.05) is 0 Å². The molecule has 1 atom stereocenters. The van der Waals surface area contributed by atoms with Gasteiger partial charge in [-0.05, 0) is 6.92 Å². The number of carbonyl (C=O) groups is 1. The Morgan fingerprint density at radius 2 is 2.06 bits per heavy atom. The van der Waals surface area contributed by atoms with Crippen LogP contribution in [0.15, 0.2) is 0 Å². The van der Waals surface area contributed by atoms with Gasteiger partial charge in [0.25, 0.3) is 0 Å². The van der Waals surface area contributed by atoms with Gasteiger partial charge in [0, 0.05) is 13.1 Å². The predicted molar refractivity (Wildman–Crippen MR) is 58.8 cm³/mol. The molecule has 1 unspecified atom stereocenters. The SMILES string of the molecule is CCOC(=O)C(O)CS(=O)(=O)N1CCOCC1. The molecule has 0 amide bonds. The van der Waals surface area contributed by atoms with Crippen molar-refractivity contribution in [3.05, 3.63) is 0 Å². The molecule has 1 fully saturated rings. The van der Waals surface area contributed by atoms with Crippen molar-refractivity contribution in [1.29, 1.82) is 0 Å². The van der Waals surface area contributed by atoms with Crippen LogP contribution in [0.5, 0.6) is 0 Å². The fraction of sp³-hybridized carbons (Fsp3) is 0.889. The molecule has 0 spiro atoms. The fourth-order valence-corrected chi connectivity index (χ4v) is 2.89. The second-order valence-electron chi connectivity index (χ2n) is 3.56. The summed E-state index contributed by atoms with van der Waals surface area (Å²) in [6.45, 7) is 2.84. The minimum atomic E-state index is -3.64. The zero-order chi connectivity index (χ0) is 12.9. The number of ether oxygens (including phenoxy) is 2. The molecule has 1 aliphatic heterocycles. The smallest absolute Gasteiger partial charge is 0.336 e. The molecule has 17 heavy (non-hydrogen) atoms. The topological polar surface area (TPSA) is 93.1 Å². The third-order valence-electron chi connectivity index (χ3n) is 2.29. The van der Waals surface area contributed by atoms with Crippen LogP contribution < -0.4 is 0 Å². The summed E-state index contributed by atoms with van der Waals surface area (Å²) in [6.07, 6.45) is -1.64. The number of aliphatic hydroxyl groups is 1. The third kappa shape index (κ3) is 4.23. The number of hydrogen-bond acceptors (Lipinski definition) is 6. The maximum absolute atomic E-state index is 11.8. The van der Waals surface area contributed by atoms with Crippen molar-refractivity contribution in [2.45, 2.75) is 13.0 Å². The molecule has 1 N–H and O–H groups in total. The zero-order valence-corrected chi connectivity index (χ0v) is 10.5. The summed E-state index contributed by atoms with van der Waals surface area (Å²) in [5.41, 5.74) is 0. The lowest BCUT2D eigenvalue weighted by molar-refractivity contribution is -0.151. The van der Waals surface area contributed by atoms with Crippen LogP contribution in [0.1, 0.15) is 6.92 Å². The van der Waals surface area contributed by atoms with Crippen molar-refractivity contribution in [1.82, 2.24) is 4.31 Å². The quantitative estimate of drug-likeness (QED) is 0.614. The lowest BCUT2D eigenvalue weighted by Gasteiger charge is -2.26. The van der Waals surface area contributed by atoms with E-state index >= 15 is 0 Å². The summed E-state index contributed by atoms with van der Waals surface area (Å²) in [4.78, 5) is 11.1. The van der Waals surface area contributed by atoms with Gasteiger partial charge in [-0.1, -0.05) is 0 Å². The van der Waals surface area contributed by atoms with Gasteiger partial charge in [-0.3, -0.25) is 0 Å². The van der Waals surface area contributed by atoms with Crippen molar-refractivity contribution in [2.24, 2.45) is 0 Å². The predicted octanol–water partition coefficient (Wildman–Crippen LogP) is -1.43. The summed E-state index contributed by atoms with van der Waals surface area (Å²) < 4.78 is 34.4. The standard InChI is InChI=1S/C9H17NO6S/c1-2-16-9(12)8(11)7-17(13,14)10-3-5-15-6-4-10/h8,11H,2-7H2,1H3. The first-order valence-corrected chi connectivity index (χ1v) is 6.98. The Morgan fingerprint density at radius 3 is 2.59 bits per heavy atom. The summed E-state index contributed by atoms with van der Waals surface area (Å²) in [5, 5.41) is 9.40. The number of aliphatic hydroxyl groups excluding tert-OH is 1. The second-order valence-corrected chi connectivity index (χ2v) is 5.57. The maximum atomic E-state index is 11.8. The first-order valence-electron chi connectivity index (χ1n) is 5.37. The average molecular weight is 267 g/mol. The highest BCUT2D eigenvalue weighted by atomic mass is 32.2. The van der Waals surface area contributed by atoms with Gasteiger partial charge in [-0.15, -0.1) is 0 Å². The second kappa shape index (κ2) is 6.29. The molecule has 1 aliphatic rings. The zero-order valence-electron chi connectivity index (χ0n) is 9.66. The van der Waals surface area contributed by atoms with Crippen LogP contribution in [0.3, 0.4) is 0 Å². The van der Waals surface area contributed by atoms with Gasteiger partial charge < -0.3 is 14.6 Å². The molecule has 1 saturated heterocycles. The Kier molecular flexibility index (Phi) is 5.31. The minimum Gasteiger partial charge on any atom is -0.464 e. The van der Waals surface area contributed by atoms with Gasteiger partial charge in [-0.25, -0.2) is 13.2 Å². The van der Waals surface area contributed by atoms with Crippen LogP contribution in [0.25, 0.3) is 0 Å². The highest BCUT2D eigenvalue weighted by Gasteiger charge is 2.30. The van der Waals surface area contributed by atoms with Gasteiger partial charge in [0.05, 0.1) is 19.8 Å². The van der Waals surface area contributed by atoms with E-state index in [2.05, 4.69) is 4.74 Å². The number of esters is 1. The molecule has 7 nitrogen and oxygen atoms in total. The molecule has 1 rings (SSSR count). The molecule has 1 heterocycles. The van der Waals surface area contributed by atoms with E-state index in [0.29, 0.717) is 13.2 Å². The normalized spacial score (nSPS) is 19.9. The van der Waals surface area contributed by atoms with E-state index in [9.17, 15) is 18.3 Å². The van der Waals surface area contributed by atoms with Crippen molar-refractivity contribution >= 4 is 16.0 Å². The van der Waals surface area contributed by atoms with E-state index in [0.717, 1.165) is 0 Å². The molecular formula is C9H17NO6S. The first kappa shape index (κ1) is 14.4. The van der Waals surface area contributed by atoms with Gasteiger partial charge in [0.1, 0.15) is 5.75 Å². The summed E-state index contributed by atoms with van der Waals surface area (Å²) in [7, 11) is -3.64. The minimum absolute atomic E-state index is 0.105. The highest BCUT2D eigenvalue weighted by Crippen LogP contribution is 2.07. The van der Waals surface area contributed by atoms with Crippen molar-refractivity contribution in [3.8, 4) is 0 Å². The molecule has 0 radical (unpaired) electrons. The number of nitrogens with zero attached hydrogens (tertiary/aromatic N) is 1. The molecule has 0 aromatic heterocycles. The van der Waals surface area contributed by atoms with Crippen LogP contribution in [-0.4, -0.2) is 68.6 Å². The van der Waals surface area contributed by atoms with Crippen LogP contribution in [0.4, 0.5) is 0 Å². The molecule has 0 aliphatic carbocycles. The average Bonchev–Trinajstić information content (AvgIpc) is 2.30. The molecule has 0 bridgehead atoms. The Hall–Kier alpha value is -0.700. The van der Waals surface area contributed by atoms with E-state index in [1.165, 1.54) is 4.31 Å². The van der Waals surface area contributed by atoms with Gasteiger partial charge in [0.2, 0.25) is 10.0 Å². The largest absolute Gasteiger partial charge is 0.464 e. The molecule has 0 aromatic rings. The number of sulfonamides is 1. The third-order valence-corrected chi connectivity index (χ3v) is 4.18. The molecule has 100 valence electrons. The molecule has 0 aromatic carbocycles. The summed E-state index contributed by atoms with van der Waals surface area (Å²) in [6, 6.07) is 0. The lowest BCUT2D eigenvalue weighted by atomic mass is 10.4. The van der Waals surface area contributed by atoms with Crippen molar-refractivity contribution < 1.29 is 27.8 Å². The monoisotopic (exact) mass is 267 g/mol. The summed E-state index contributed by atoms with van der Waals surface area (Å²) in [5.74, 6) is -1.56. The Balaban J connectivity index is 2.56. The van der Waals surface area contributed by atoms with E-state index in [1.54, 1.807) is 6.92 Å². The Morgan fingerprint density at radius 1 is 1.47 bits per heavy atom. The summed E-state index contributed by atoms with van der Waals surface area (Å²) >= 11 is 0. The van der Waals surface area contributed by atoms with Crippen LogP contribution in [-0.2, 0) is 24.3 Å². The van der Waals surface area contributed by atoms with Crippen LogP contribution >= 0.6 is 0 Å². The number of hydrogen-bond donors (Lipinski definition) is 1. The van der Waals surface area contributed by atoms with Crippen molar-refractivity contribution in [3.63, 3.8) is 0 Å².